The van der Waals surface area contributed by atoms with E-state index in [1.807, 2.05) is 0 Å². The van der Waals surface area contributed by atoms with Crippen LogP contribution in [0.5, 0.6) is 0 Å². The Balaban J connectivity index is 2.35. The summed E-state index contributed by atoms with van der Waals surface area (Å²) in [6.45, 7) is 24.7. The van der Waals surface area contributed by atoms with Crippen LogP contribution in [0.25, 0.3) is 0 Å². The van der Waals surface area contributed by atoms with Gasteiger partial charge in [0, 0.05) is 70.2 Å². The van der Waals surface area contributed by atoms with Gasteiger partial charge in [0.15, 0.2) is 17.3 Å². The molecule has 1 saturated heterocycles. The lowest BCUT2D eigenvalue weighted by Gasteiger charge is -2.28. The highest BCUT2D eigenvalue weighted by molar-refractivity contribution is 5.99. The van der Waals surface area contributed by atoms with Crippen molar-refractivity contribution in [2.75, 3.05) is 32.7 Å². The van der Waals surface area contributed by atoms with Gasteiger partial charge in [0.2, 0.25) is 41.4 Å². The number of rotatable bonds is 30. The standard InChI is InChI=1S/C78H122N12O22/c1-18-53(89-74(107)108-44-49-27-23-20-24-28-49)61(95)43-52(46(4)91)65(98)84-54(31-36-81-71(104)110-76(9,10)11)59(93)41-50-29-34-79-69(102)62(47(5)92)90-64(97)51(30-35-80-70(103)109-75(6,7)8)42-60(94)55(32-37-82-72(105)111-77(12,13)14)85-67(100)57(39-45(2)3)87-68(101)58(40-48-25-21-19-22-26-48)88-66(99)56(86-63(50)96)33-38-83-73(106)112-78(15,16)17/h19-28,45-47,50-58,62,91-92H,18,29-44H2,1-17H3,(H,79,102)(H,80,103)(H,81,104)(H,82,105)(H,83,106)(H,84,98)(H,85,100)(H,86,96)(H,87,101)(H,88,99)(H,89,107)(H,90,97)/t46?,47?,50-,51-,52+,53+,54+,55+,56+,57+,58-,62+/m1/s1. The van der Waals surface area contributed by atoms with Gasteiger partial charge in [-0.1, -0.05) is 81.4 Å². The molecule has 0 spiro atoms. The Bertz CT molecular complexity index is 3480. The monoisotopic (exact) mass is 1580 g/mol. The van der Waals surface area contributed by atoms with Gasteiger partial charge in [-0.2, -0.15) is 0 Å². The molecule has 14 N–H and O–H groups in total. The third kappa shape index (κ3) is 38.8. The normalized spacial score (nSPS) is 20.2. The van der Waals surface area contributed by atoms with E-state index in [-0.39, 0.29) is 70.8 Å². The second-order valence-electron chi connectivity index (χ2n) is 32.2. The first kappa shape index (κ1) is 96.2. The number of carbonyl (C=O) groups excluding carboxylic acids is 15. The number of ketones is 3. The Kier molecular flexibility index (Phi) is 39.6. The molecule has 2 unspecified atom stereocenters. The summed E-state index contributed by atoms with van der Waals surface area (Å²) >= 11 is 0. The lowest BCUT2D eigenvalue weighted by Crippen LogP contribution is -2.59. The summed E-state index contributed by atoms with van der Waals surface area (Å²) in [7, 11) is 0. The summed E-state index contributed by atoms with van der Waals surface area (Å²) in [6, 6.07) is 5.96. The molecule has 0 aromatic heterocycles. The van der Waals surface area contributed by atoms with Crippen molar-refractivity contribution in [2.45, 2.75) is 272 Å². The minimum atomic E-state index is -1.84. The highest BCUT2D eigenvalue weighted by Crippen LogP contribution is 2.21. The molecule has 12 atom stereocenters. The molecular formula is C78H122N12O22. The summed E-state index contributed by atoms with van der Waals surface area (Å²) in [4.78, 5) is 214. The Hall–Kier alpha value is -9.99. The molecule has 0 radical (unpaired) electrons. The van der Waals surface area contributed by atoms with Gasteiger partial charge >= 0.3 is 30.5 Å². The molecule has 34 nitrogen and oxygen atoms in total. The van der Waals surface area contributed by atoms with Crippen molar-refractivity contribution in [1.29, 1.82) is 0 Å². The van der Waals surface area contributed by atoms with Crippen LogP contribution >= 0.6 is 0 Å². The number of hydrogen-bond acceptors (Lipinski definition) is 22. The number of aliphatic hydroxyl groups is 2. The van der Waals surface area contributed by atoms with E-state index >= 15 is 19.2 Å². The second kappa shape index (κ2) is 46.1. The van der Waals surface area contributed by atoms with Crippen molar-refractivity contribution in [1.82, 2.24) is 63.8 Å². The summed E-state index contributed by atoms with van der Waals surface area (Å²) in [5, 5.41) is 53.5. The van der Waals surface area contributed by atoms with Gasteiger partial charge in [-0.25, -0.2) is 24.0 Å². The first-order chi connectivity index (χ1) is 52.1. The molecule has 0 saturated carbocycles. The van der Waals surface area contributed by atoms with Crippen molar-refractivity contribution in [3.8, 4) is 0 Å². The van der Waals surface area contributed by atoms with Crippen LogP contribution in [0.1, 0.15) is 193 Å². The number of ether oxygens (including phenoxy) is 5. The Labute approximate surface area is 656 Å². The molecule has 12 amide bonds. The highest BCUT2D eigenvalue weighted by Gasteiger charge is 2.39. The number of alkyl carbamates (subject to hydrolysis) is 5. The second-order valence-corrected chi connectivity index (χ2v) is 32.2. The van der Waals surface area contributed by atoms with Crippen molar-refractivity contribution < 1.29 is 106 Å². The van der Waals surface area contributed by atoms with E-state index in [4.69, 9.17) is 23.7 Å². The summed E-state index contributed by atoms with van der Waals surface area (Å²) in [5.41, 5.74) is -2.76. The number of carbonyl (C=O) groups is 15. The fourth-order valence-corrected chi connectivity index (χ4v) is 11.3. The molecule has 1 heterocycles. The van der Waals surface area contributed by atoms with Gasteiger partial charge in [0.05, 0.1) is 36.3 Å². The molecule has 1 fully saturated rings. The summed E-state index contributed by atoms with van der Waals surface area (Å²) in [6.07, 6.45) is -12.5. The van der Waals surface area contributed by atoms with Gasteiger partial charge in [-0.3, -0.25) is 47.9 Å². The van der Waals surface area contributed by atoms with E-state index in [0.717, 1.165) is 6.92 Å². The van der Waals surface area contributed by atoms with Gasteiger partial charge in [0.25, 0.3) is 0 Å². The largest absolute Gasteiger partial charge is 0.445 e. The lowest BCUT2D eigenvalue weighted by atomic mass is 9.90. The van der Waals surface area contributed by atoms with Crippen LogP contribution in [0.4, 0.5) is 24.0 Å². The van der Waals surface area contributed by atoms with Crippen LogP contribution in [-0.2, 0) is 84.7 Å². The fraction of sp³-hybridized carbons (Fsp3) is 0.654. The number of aliphatic hydroxyl groups excluding tert-OH is 2. The molecule has 1 aliphatic heterocycles. The predicted molar refractivity (Wildman–Crippen MR) is 411 cm³/mol. The third-order valence-electron chi connectivity index (χ3n) is 16.9. The van der Waals surface area contributed by atoms with Crippen molar-refractivity contribution in [2.24, 2.45) is 23.7 Å². The predicted octanol–water partition coefficient (Wildman–Crippen LogP) is 4.56. The maximum Gasteiger partial charge on any atom is 0.408 e. The lowest BCUT2D eigenvalue weighted by molar-refractivity contribution is -0.137. The highest BCUT2D eigenvalue weighted by atomic mass is 16.6. The van der Waals surface area contributed by atoms with Crippen molar-refractivity contribution in [3.05, 3.63) is 71.8 Å². The molecule has 3 rings (SSSR count). The minimum Gasteiger partial charge on any atom is -0.445 e. The van der Waals surface area contributed by atoms with Crippen LogP contribution in [0.15, 0.2) is 60.7 Å². The average Bonchev–Trinajstić information content (AvgIpc) is 0.946. The maximum atomic E-state index is 15.4. The quantitative estimate of drug-likeness (QED) is 0.0477. The number of amides is 12. The van der Waals surface area contributed by atoms with E-state index in [1.54, 1.807) is 165 Å². The maximum absolute atomic E-state index is 15.4. The zero-order chi connectivity index (χ0) is 84.4. The molecule has 0 aliphatic carbocycles. The Morgan fingerprint density at radius 1 is 0.491 bits per heavy atom. The molecule has 0 bridgehead atoms. The van der Waals surface area contributed by atoms with Gasteiger partial charge < -0.3 is 97.7 Å². The summed E-state index contributed by atoms with van der Waals surface area (Å²) < 4.78 is 27.0. The van der Waals surface area contributed by atoms with Gasteiger partial charge in [-0.15, -0.1) is 0 Å². The van der Waals surface area contributed by atoms with Gasteiger partial charge in [-0.05, 0) is 159 Å². The van der Waals surface area contributed by atoms with Crippen LogP contribution < -0.4 is 63.8 Å². The Morgan fingerprint density at radius 2 is 0.938 bits per heavy atom. The van der Waals surface area contributed by atoms with Crippen LogP contribution in [0.2, 0.25) is 0 Å². The molecule has 2 aromatic rings. The topological polar surface area (TPSA) is 487 Å². The van der Waals surface area contributed by atoms with E-state index in [2.05, 4.69) is 63.8 Å². The average molecular weight is 1580 g/mol. The fourth-order valence-electron chi connectivity index (χ4n) is 11.3. The van der Waals surface area contributed by atoms with E-state index < -0.39 is 229 Å². The molecule has 626 valence electrons. The summed E-state index contributed by atoms with van der Waals surface area (Å²) in [5.74, 6) is -14.7. The van der Waals surface area contributed by atoms with Crippen molar-refractivity contribution in [3.63, 3.8) is 0 Å². The van der Waals surface area contributed by atoms with E-state index in [0.29, 0.717) is 11.1 Å². The first-order valence-electron chi connectivity index (χ1n) is 38.1. The number of nitrogens with one attached hydrogen (secondary N) is 12. The van der Waals surface area contributed by atoms with E-state index in [9.17, 15) is 63.0 Å². The number of benzene rings is 2. The Morgan fingerprint density at radius 3 is 1.43 bits per heavy atom. The number of hydrogen-bond donors (Lipinski definition) is 14. The van der Waals surface area contributed by atoms with Crippen molar-refractivity contribution >= 4 is 89.2 Å². The zero-order valence-electron chi connectivity index (χ0n) is 67.9. The third-order valence-corrected chi connectivity index (χ3v) is 16.9. The molecule has 34 heteroatoms. The zero-order valence-corrected chi connectivity index (χ0v) is 67.9. The first-order valence-corrected chi connectivity index (χ1v) is 38.1. The molecule has 1 aliphatic rings. The molecule has 112 heavy (non-hydrogen) atoms. The molecule has 2 aromatic carbocycles. The SMILES string of the molecule is CC[C@H](NC(=O)OCc1ccccc1)C(=O)C[C@H](C(=O)N[C@@H](CCNC(=O)OC(C)(C)C)C(=O)C[C@H]1CCNC(=O)[C@H](C(C)O)NC(=O)[C@H](CCNC(=O)OC(C)(C)C)CC(=O)[C@H](CCNC(=O)OC(C)(C)C)NC(=O)[C@H](CC(C)C)NC(=O)[C@@H](Cc2ccccc2)NC(=O)[C@H](CCNC(=O)OC(C)(C)C)NC1=O)C(C)O. The smallest absolute Gasteiger partial charge is 0.408 e. The van der Waals surface area contributed by atoms with Crippen LogP contribution in [-0.4, -0.2) is 209 Å². The van der Waals surface area contributed by atoms with Gasteiger partial charge in [0.1, 0.15) is 53.2 Å². The van der Waals surface area contributed by atoms with E-state index in [1.165, 1.54) is 6.92 Å². The number of Topliss-reactive ketones (excluding diaryl/α,β-unsaturated/α-hetero) is 3. The minimum absolute atomic E-state index is 0.0221. The van der Waals surface area contributed by atoms with Crippen LogP contribution in [0, 0.1) is 23.7 Å². The molecular weight excluding hydrogens is 1460 g/mol. The van der Waals surface area contributed by atoms with Crippen LogP contribution in [0.3, 0.4) is 0 Å².